The number of nitrogens with zero attached hydrogens (tertiary/aromatic N) is 3. The zero-order valence-electron chi connectivity index (χ0n) is 8.24. The van der Waals surface area contributed by atoms with E-state index in [1.165, 1.54) is 12.1 Å². The van der Waals surface area contributed by atoms with Gasteiger partial charge in [0.2, 0.25) is 5.28 Å². The van der Waals surface area contributed by atoms with Crippen LogP contribution in [0, 0.1) is 0 Å². The summed E-state index contributed by atoms with van der Waals surface area (Å²) < 4.78 is 37.5. The van der Waals surface area contributed by atoms with Crippen molar-refractivity contribution in [2.24, 2.45) is 0 Å². The number of benzene rings is 1. The van der Waals surface area contributed by atoms with E-state index in [0.717, 1.165) is 18.5 Å². The Kier molecular flexibility index (Phi) is 2.97. The number of halogens is 4. The van der Waals surface area contributed by atoms with E-state index in [0.29, 0.717) is 0 Å². The molecule has 0 fully saturated rings. The fraction of sp³-hybridized carbons (Fsp3) is 0.100. The first-order chi connectivity index (χ1) is 7.97. The molecule has 0 amide bonds. The molecular weight excluding hydrogens is 255 g/mol. The van der Waals surface area contributed by atoms with E-state index in [9.17, 15) is 13.2 Å². The van der Waals surface area contributed by atoms with Crippen LogP contribution in [0.4, 0.5) is 13.2 Å². The first kappa shape index (κ1) is 11.8. The summed E-state index contributed by atoms with van der Waals surface area (Å²) in [6, 6.07) is 4.70. The molecule has 0 aliphatic heterocycles. The molecule has 1 aromatic carbocycles. The monoisotopic (exact) mass is 259 g/mol. The van der Waals surface area contributed by atoms with Gasteiger partial charge in [-0.3, -0.25) is 0 Å². The summed E-state index contributed by atoms with van der Waals surface area (Å²) in [5.74, 6) is 0.108. The van der Waals surface area contributed by atoms with E-state index >= 15 is 0 Å². The second-order valence-electron chi connectivity index (χ2n) is 3.16. The Balaban J connectivity index is 2.47. The van der Waals surface area contributed by atoms with Crippen LogP contribution in [0.2, 0.25) is 5.28 Å². The molecule has 0 saturated carbocycles. The average molecular weight is 260 g/mol. The minimum atomic E-state index is -4.40. The highest BCUT2D eigenvalue weighted by Crippen LogP contribution is 2.31. The Bertz CT molecular complexity index is 542. The molecule has 1 heterocycles. The number of rotatable bonds is 1. The van der Waals surface area contributed by atoms with Gasteiger partial charge >= 0.3 is 6.18 Å². The smallest absolute Gasteiger partial charge is 0.216 e. The average Bonchev–Trinajstić information content (AvgIpc) is 2.28. The van der Waals surface area contributed by atoms with Crippen molar-refractivity contribution >= 4 is 11.6 Å². The van der Waals surface area contributed by atoms with Crippen molar-refractivity contribution in [2.45, 2.75) is 6.18 Å². The highest BCUT2D eigenvalue weighted by Gasteiger charge is 2.30. The van der Waals surface area contributed by atoms with E-state index < -0.39 is 11.7 Å². The van der Waals surface area contributed by atoms with Crippen LogP contribution in [0.3, 0.4) is 0 Å². The Morgan fingerprint density at radius 2 is 1.88 bits per heavy atom. The van der Waals surface area contributed by atoms with E-state index in [2.05, 4.69) is 15.0 Å². The highest BCUT2D eigenvalue weighted by atomic mass is 35.5. The molecule has 0 spiro atoms. The largest absolute Gasteiger partial charge is 0.416 e. The maximum absolute atomic E-state index is 12.5. The molecule has 17 heavy (non-hydrogen) atoms. The molecule has 0 N–H and O–H groups in total. The van der Waals surface area contributed by atoms with Crippen LogP contribution >= 0.6 is 11.6 Å². The minimum Gasteiger partial charge on any atom is -0.216 e. The fourth-order valence-electron chi connectivity index (χ4n) is 1.25. The lowest BCUT2D eigenvalue weighted by atomic mass is 10.1. The van der Waals surface area contributed by atoms with Crippen molar-refractivity contribution in [1.29, 1.82) is 0 Å². The number of aromatic nitrogens is 3. The zero-order chi connectivity index (χ0) is 12.5. The Morgan fingerprint density at radius 1 is 1.12 bits per heavy atom. The second-order valence-corrected chi connectivity index (χ2v) is 3.49. The van der Waals surface area contributed by atoms with Gasteiger partial charge in [0.1, 0.15) is 6.33 Å². The van der Waals surface area contributed by atoms with Gasteiger partial charge in [-0.2, -0.15) is 18.2 Å². The lowest BCUT2D eigenvalue weighted by Crippen LogP contribution is -2.04. The van der Waals surface area contributed by atoms with E-state index in [1.807, 2.05) is 0 Å². The van der Waals surface area contributed by atoms with Crippen molar-refractivity contribution in [1.82, 2.24) is 15.0 Å². The second kappa shape index (κ2) is 4.29. The topological polar surface area (TPSA) is 38.7 Å². The number of hydrogen-bond donors (Lipinski definition) is 0. The molecule has 0 bridgehead atoms. The van der Waals surface area contributed by atoms with Crippen molar-refractivity contribution in [3.05, 3.63) is 41.4 Å². The van der Waals surface area contributed by atoms with E-state index in [4.69, 9.17) is 11.6 Å². The van der Waals surface area contributed by atoms with E-state index in [1.54, 1.807) is 0 Å². The molecule has 0 atom stereocenters. The van der Waals surface area contributed by atoms with Gasteiger partial charge in [-0.05, 0) is 23.7 Å². The summed E-state index contributed by atoms with van der Waals surface area (Å²) in [7, 11) is 0. The SMILES string of the molecule is FC(F)(F)c1cccc(-c2ncnc(Cl)n2)c1. The van der Waals surface area contributed by atoms with Crippen LogP contribution in [0.25, 0.3) is 11.4 Å². The molecule has 2 aromatic rings. The zero-order valence-corrected chi connectivity index (χ0v) is 9.00. The molecule has 0 radical (unpaired) electrons. The predicted octanol–water partition coefficient (Wildman–Crippen LogP) is 3.21. The van der Waals surface area contributed by atoms with Gasteiger partial charge in [0.05, 0.1) is 5.56 Å². The maximum Gasteiger partial charge on any atom is 0.416 e. The molecule has 0 aliphatic rings. The van der Waals surface area contributed by atoms with Crippen LogP contribution in [0.1, 0.15) is 5.56 Å². The molecule has 1 aromatic heterocycles. The van der Waals surface area contributed by atoms with Gasteiger partial charge < -0.3 is 0 Å². The summed E-state index contributed by atoms with van der Waals surface area (Å²) in [5.41, 5.74) is -0.518. The quantitative estimate of drug-likeness (QED) is 0.789. The molecule has 3 nitrogen and oxygen atoms in total. The summed E-state index contributed by atoms with van der Waals surface area (Å²) in [4.78, 5) is 11.1. The van der Waals surface area contributed by atoms with Crippen molar-refractivity contribution < 1.29 is 13.2 Å². The summed E-state index contributed by atoms with van der Waals surface area (Å²) in [6.07, 6.45) is -3.25. The molecule has 88 valence electrons. The molecule has 0 unspecified atom stereocenters. The van der Waals surface area contributed by atoms with Crippen LogP contribution in [0.15, 0.2) is 30.6 Å². The normalized spacial score (nSPS) is 11.5. The first-order valence-electron chi connectivity index (χ1n) is 4.49. The molecule has 0 saturated heterocycles. The molecule has 7 heteroatoms. The van der Waals surface area contributed by atoms with Gasteiger partial charge in [-0.25, -0.2) is 9.97 Å². The van der Waals surface area contributed by atoms with Gasteiger partial charge in [-0.15, -0.1) is 0 Å². The third-order valence-electron chi connectivity index (χ3n) is 1.99. The van der Waals surface area contributed by atoms with Gasteiger partial charge in [-0.1, -0.05) is 12.1 Å². The molecular formula is C10H5ClF3N3. The van der Waals surface area contributed by atoms with Crippen molar-refractivity contribution in [3.63, 3.8) is 0 Å². The van der Waals surface area contributed by atoms with E-state index in [-0.39, 0.29) is 16.7 Å². The van der Waals surface area contributed by atoms with Crippen LogP contribution < -0.4 is 0 Å². The lowest BCUT2D eigenvalue weighted by Gasteiger charge is -2.07. The predicted molar refractivity (Wildman–Crippen MR) is 55.3 cm³/mol. The third kappa shape index (κ3) is 2.71. The Morgan fingerprint density at radius 3 is 2.53 bits per heavy atom. The highest BCUT2D eigenvalue weighted by molar-refractivity contribution is 6.28. The van der Waals surface area contributed by atoms with Gasteiger partial charge in [0.25, 0.3) is 0 Å². The summed E-state index contributed by atoms with van der Waals surface area (Å²) in [5, 5.41) is -0.0626. The van der Waals surface area contributed by atoms with Crippen molar-refractivity contribution in [2.75, 3.05) is 0 Å². The molecule has 2 rings (SSSR count). The number of hydrogen-bond acceptors (Lipinski definition) is 3. The molecule has 0 aliphatic carbocycles. The third-order valence-corrected chi connectivity index (χ3v) is 2.17. The Hall–Kier alpha value is -1.69. The van der Waals surface area contributed by atoms with Crippen LogP contribution in [-0.4, -0.2) is 15.0 Å². The van der Waals surface area contributed by atoms with Crippen molar-refractivity contribution in [3.8, 4) is 11.4 Å². The fourth-order valence-corrected chi connectivity index (χ4v) is 1.37. The lowest BCUT2D eigenvalue weighted by molar-refractivity contribution is -0.137. The minimum absolute atomic E-state index is 0.0626. The standard InChI is InChI=1S/C10H5ClF3N3/c11-9-16-5-15-8(17-9)6-2-1-3-7(4-6)10(12,13)14/h1-5H. The maximum atomic E-state index is 12.5. The van der Waals surface area contributed by atoms with Crippen LogP contribution in [-0.2, 0) is 6.18 Å². The van der Waals surface area contributed by atoms with Crippen LogP contribution in [0.5, 0.6) is 0 Å². The summed E-state index contributed by atoms with van der Waals surface area (Å²) in [6.45, 7) is 0. The van der Waals surface area contributed by atoms with Gasteiger partial charge in [0.15, 0.2) is 5.82 Å². The number of alkyl halides is 3. The summed E-state index contributed by atoms with van der Waals surface area (Å²) >= 11 is 5.54. The first-order valence-corrected chi connectivity index (χ1v) is 4.87. The van der Waals surface area contributed by atoms with Gasteiger partial charge in [0, 0.05) is 5.56 Å². The Labute approximate surface area is 99.3 Å².